The molecule has 0 aliphatic heterocycles. The first-order valence-electron chi connectivity index (χ1n) is 4.43. The molecule has 0 radical (unpaired) electrons. The Bertz CT molecular complexity index is 372. The minimum Gasteiger partial charge on any atom is -0.481 e. The van der Waals surface area contributed by atoms with Crippen molar-refractivity contribution in [2.24, 2.45) is 0 Å². The lowest BCUT2D eigenvalue weighted by molar-refractivity contribution is -0.138. The molecule has 0 saturated carbocycles. The Kier molecular flexibility index (Phi) is 2.89. The lowest BCUT2D eigenvalue weighted by Gasteiger charge is -2.11. The van der Waals surface area contributed by atoms with E-state index >= 15 is 0 Å². The Morgan fingerprint density at radius 3 is 2.43 bits per heavy atom. The lowest BCUT2D eigenvalue weighted by atomic mass is 9.95. The summed E-state index contributed by atoms with van der Waals surface area (Å²) in [4.78, 5) is 10.7. The van der Waals surface area contributed by atoms with Gasteiger partial charge in [-0.05, 0) is 43.5 Å². The van der Waals surface area contributed by atoms with Crippen molar-refractivity contribution in [1.82, 2.24) is 0 Å². The maximum atomic E-state index is 13.2. The normalized spacial score (nSPS) is 12.6. The van der Waals surface area contributed by atoms with Gasteiger partial charge in [-0.2, -0.15) is 0 Å². The van der Waals surface area contributed by atoms with Crippen LogP contribution < -0.4 is 0 Å². The molecule has 1 aromatic rings. The Hall–Kier alpha value is -1.38. The van der Waals surface area contributed by atoms with Crippen molar-refractivity contribution in [2.75, 3.05) is 0 Å². The van der Waals surface area contributed by atoms with E-state index in [9.17, 15) is 9.18 Å². The van der Waals surface area contributed by atoms with Crippen molar-refractivity contribution < 1.29 is 14.3 Å². The van der Waals surface area contributed by atoms with E-state index in [-0.39, 0.29) is 5.82 Å². The van der Waals surface area contributed by atoms with Gasteiger partial charge in [-0.25, -0.2) is 4.39 Å². The topological polar surface area (TPSA) is 37.3 Å². The number of benzene rings is 1. The molecule has 1 N–H and O–H groups in total. The summed E-state index contributed by atoms with van der Waals surface area (Å²) in [6, 6.07) is 2.98. The number of aryl methyl sites for hydroxylation is 2. The van der Waals surface area contributed by atoms with Crippen molar-refractivity contribution in [3.8, 4) is 0 Å². The summed E-state index contributed by atoms with van der Waals surface area (Å²) in [5, 5.41) is 8.80. The van der Waals surface area contributed by atoms with Crippen LogP contribution in [-0.2, 0) is 4.79 Å². The number of carbonyl (C=O) groups is 1. The predicted molar refractivity (Wildman–Crippen MR) is 51.9 cm³/mol. The third-order valence-electron chi connectivity index (χ3n) is 2.38. The molecular formula is C11H13FO2. The van der Waals surface area contributed by atoms with Crippen LogP contribution in [0.15, 0.2) is 12.1 Å². The second-order valence-corrected chi connectivity index (χ2v) is 3.52. The van der Waals surface area contributed by atoms with Gasteiger partial charge < -0.3 is 5.11 Å². The summed E-state index contributed by atoms with van der Waals surface area (Å²) in [6.45, 7) is 5.01. The van der Waals surface area contributed by atoms with Crippen LogP contribution in [0.25, 0.3) is 0 Å². The molecule has 0 aromatic heterocycles. The highest BCUT2D eigenvalue weighted by molar-refractivity contribution is 5.76. The number of rotatable bonds is 2. The first kappa shape index (κ1) is 10.7. The molecule has 0 fully saturated rings. The number of hydrogen-bond donors (Lipinski definition) is 1. The van der Waals surface area contributed by atoms with Crippen LogP contribution in [0.5, 0.6) is 0 Å². The number of halogens is 1. The number of carboxylic acid groups (broad SMARTS) is 1. The fourth-order valence-electron chi connectivity index (χ4n) is 1.44. The largest absolute Gasteiger partial charge is 0.481 e. The van der Waals surface area contributed by atoms with Crippen molar-refractivity contribution in [3.63, 3.8) is 0 Å². The van der Waals surface area contributed by atoms with E-state index in [1.807, 2.05) is 0 Å². The van der Waals surface area contributed by atoms with Gasteiger partial charge in [-0.1, -0.05) is 6.07 Å². The summed E-state index contributed by atoms with van der Waals surface area (Å²) < 4.78 is 13.2. The molecular weight excluding hydrogens is 183 g/mol. The monoisotopic (exact) mass is 196 g/mol. The lowest BCUT2D eigenvalue weighted by Crippen LogP contribution is -2.09. The average Bonchev–Trinajstić information content (AvgIpc) is 2.10. The molecule has 0 saturated heterocycles. The minimum absolute atomic E-state index is 0.348. The number of carboxylic acids is 1. The number of aliphatic carboxylic acids is 1. The molecule has 76 valence electrons. The van der Waals surface area contributed by atoms with Crippen LogP contribution in [0.2, 0.25) is 0 Å². The second-order valence-electron chi connectivity index (χ2n) is 3.52. The van der Waals surface area contributed by atoms with Gasteiger partial charge in [0, 0.05) is 0 Å². The molecule has 1 aromatic carbocycles. The van der Waals surface area contributed by atoms with Gasteiger partial charge in [0.1, 0.15) is 5.82 Å². The molecule has 0 spiro atoms. The van der Waals surface area contributed by atoms with E-state index in [0.29, 0.717) is 11.1 Å². The van der Waals surface area contributed by atoms with Gasteiger partial charge in [0.25, 0.3) is 0 Å². The maximum absolute atomic E-state index is 13.2. The molecule has 2 nitrogen and oxygen atoms in total. The van der Waals surface area contributed by atoms with Crippen LogP contribution in [-0.4, -0.2) is 11.1 Å². The Morgan fingerprint density at radius 1 is 1.36 bits per heavy atom. The van der Waals surface area contributed by atoms with Gasteiger partial charge in [-0.15, -0.1) is 0 Å². The number of hydrogen-bond acceptors (Lipinski definition) is 1. The molecule has 0 aliphatic rings. The summed E-state index contributed by atoms with van der Waals surface area (Å²) >= 11 is 0. The minimum atomic E-state index is -0.934. The van der Waals surface area contributed by atoms with Gasteiger partial charge in [0.05, 0.1) is 5.92 Å². The first-order chi connectivity index (χ1) is 6.43. The van der Waals surface area contributed by atoms with E-state index in [1.165, 1.54) is 6.07 Å². The van der Waals surface area contributed by atoms with Crippen LogP contribution in [0, 0.1) is 19.7 Å². The highest BCUT2D eigenvalue weighted by Crippen LogP contribution is 2.22. The average molecular weight is 196 g/mol. The van der Waals surface area contributed by atoms with Gasteiger partial charge in [-0.3, -0.25) is 4.79 Å². The van der Waals surface area contributed by atoms with Gasteiger partial charge in [0.15, 0.2) is 0 Å². The van der Waals surface area contributed by atoms with Crippen LogP contribution in [0.4, 0.5) is 4.39 Å². The molecule has 0 bridgehead atoms. The molecule has 14 heavy (non-hydrogen) atoms. The molecule has 3 heteroatoms. The molecule has 1 atom stereocenters. The summed E-state index contributed by atoms with van der Waals surface area (Å²) in [7, 11) is 0. The highest BCUT2D eigenvalue weighted by Gasteiger charge is 2.17. The van der Waals surface area contributed by atoms with Crippen LogP contribution in [0.3, 0.4) is 0 Å². The smallest absolute Gasteiger partial charge is 0.310 e. The molecule has 0 amide bonds. The molecule has 1 unspecified atom stereocenters. The summed E-state index contributed by atoms with van der Waals surface area (Å²) in [5.74, 6) is -1.94. The quantitative estimate of drug-likeness (QED) is 0.789. The van der Waals surface area contributed by atoms with Crippen molar-refractivity contribution in [2.45, 2.75) is 26.7 Å². The van der Waals surface area contributed by atoms with Crippen molar-refractivity contribution in [1.29, 1.82) is 0 Å². The fraction of sp³-hybridized carbons (Fsp3) is 0.364. The van der Waals surface area contributed by atoms with Crippen molar-refractivity contribution >= 4 is 5.97 Å². The van der Waals surface area contributed by atoms with Crippen LogP contribution in [0.1, 0.15) is 29.5 Å². The Labute approximate surface area is 82.4 Å². The first-order valence-corrected chi connectivity index (χ1v) is 4.43. The SMILES string of the molecule is Cc1cc(C)c(C(C)C(=O)O)cc1F. The third-order valence-corrected chi connectivity index (χ3v) is 2.38. The van der Waals surface area contributed by atoms with E-state index in [2.05, 4.69) is 0 Å². The Balaban J connectivity index is 3.22. The van der Waals surface area contributed by atoms with Crippen LogP contribution >= 0.6 is 0 Å². The summed E-state index contributed by atoms with van der Waals surface area (Å²) in [5.41, 5.74) is 1.91. The zero-order valence-electron chi connectivity index (χ0n) is 8.47. The van der Waals surface area contributed by atoms with E-state index in [0.717, 1.165) is 5.56 Å². The molecule has 0 aliphatic carbocycles. The second kappa shape index (κ2) is 3.78. The fourth-order valence-corrected chi connectivity index (χ4v) is 1.44. The summed E-state index contributed by atoms with van der Waals surface area (Å²) in [6.07, 6.45) is 0. The van der Waals surface area contributed by atoms with Gasteiger partial charge >= 0.3 is 5.97 Å². The van der Waals surface area contributed by atoms with E-state index in [1.54, 1.807) is 26.8 Å². The predicted octanol–water partition coefficient (Wildman–Crippen LogP) is 2.63. The standard InChI is InChI=1S/C11H13FO2/c1-6-4-7(2)10(12)5-9(6)8(3)11(13)14/h4-5,8H,1-3H3,(H,13,14). The Morgan fingerprint density at radius 2 is 1.93 bits per heavy atom. The van der Waals surface area contributed by atoms with Gasteiger partial charge in [0.2, 0.25) is 0 Å². The van der Waals surface area contributed by atoms with E-state index in [4.69, 9.17) is 5.11 Å². The molecule has 0 heterocycles. The van der Waals surface area contributed by atoms with E-state index < -0.39 is 11.9 Å². The van der Waals surface area contributed by atoms with Crippen molar-refractivity contribution in [3.05, 3.63) is 34.6 Å². The maximum Gasteiger partial charge on any atom is 0.310 e. The highest BCUT2D eigenvalue weighted by atomic mass is 19.1. The zero-order chi connectivity index (χ0) is 10.9. The molecule has 1 rings (SSSR count). The zero-order valence-corrected chi connectivity index (χ0v) is 8.47. The third kappa shape index (κ3) is 1.92.